The molecular formula is C14H31OPS3. The SMILES string of the molecule is CCCCCCCCCCCCCCOP(=S)(S)S. The minimum atomic E-state index is -2.03. The van der Waals surface area contributed by atoms with Crippen molar-refractivity contribution in [3.05, 3.63) is 0 Å². The van der Waals surface area contributed by atoms with Gasteiger partial charge in [0.25, 0.3) is 0 Å². The molecule has 0 radical (unpaired) electrons. The third-order valence-corrected chi connectivity index (χ3v) is 4.79. The summed E-state index contributed by atoms with van der Waals surface area (Å²) < 4.78 is 3.35. The maximum Gasteiger partial charge on any atom is 0.168 e. The van der Waals surface area contributed by atoms with E-state index in [-0.39, 0.29) is 0 Å². The van der Waals surface area contributed by atoms with E-state index in [1.807, 2.05) is 0 Å². The highest BCUT2D eigenvalue weighted by molar-refractivity contribution is 8.90. The zero-order chi connectivity index (χ0) is 14.4. The first kappa shape index (κ1) is 20.3. The molecule has 0 spiro atoms. The van der Waals surface area contributed by atoms with E-state index in [4.69, 9.17) is 16.3 Å². The fourth-order valence-electron chi connectivity index (χ4n) is 2.13. The van der Waals surface area contributed by atoms with Crippen LogP contribution >= 0.6 is 29.2 Å². The van der Waals surface area contributed by atoms with Gasteiger partial charge in [0.2, 0.25) is 0 Å². The first-order valence-electron chi connectivity index (χ1n) is 7.76. The highest BCUT2D eigenvalue weighted by Crippen LogP contribution is 2.56. The zero-order valence-electron chi connectivity index (χ0n) is 12.4. The summed E-state index contributed by atoms with van der Waals surface area (Å²) in [6, 6.07) is 0. The Morgan fingerprint density at radius 3 is 1.47 bits per heavy atom. The van der Waals surface area contributed by atoms with Gasteiger partial charge in [-0.15, -0.1) is 24.5 Å². The molecule has 0 atom stereocenters. The lowest BCUT2D eigenvalue weighted by atomic mass is 10.1. The summed E-state index contributed by atoms with van der Waals surface area (Å²) in [6.07, 6.45) is 16.3. The van der Waals surface area contributed by atoms with Crippen LogP contribution in [0.15, 0.2) is 0 Å². The van der Waals surface area contributed by atoms with Gasteiger partial charge in [0.15, 0.2) is 4.67 Å². The molecule has 0 heterocycles. The van der Waals surface area contributed by atoms with Crippen molar-refractivity contribution in [2.75, 3.05) is 6.61 Å². The van der Waals surface area contributed by atoms with Crippen molar-refractivity contribution in [2.24, 2.45) is 0 Å². The summed E-state index contributed by atoms with van der Waals surface area (Å²) in [5.41, 5.74) is 0. The van der Waals surface area contributed by atoms with E-state index in [0.717, 1.165) is 13.0 Å². The van der Waals surface area contributed by atoms with E-state index in [1.165, 1.54) is 70.6 Å². The summed E-state index contributed by atoms with van der Waals surface area (Å²) in [5, 5.41) is 0. The van der Waals surface area contributed by atoms with Crippen molar-refractivity contribution in [1.29, 1.82) is 0 Å². The molecule has 0 bridgehead atoms. The molecular weight excluding hydrogens is 311 g/mol. The van der Waals surface area contributed by atoms with Crippen LogP contribution in [0.1, 0.15) is 84.0 Å². The Kier molecular flexibility index (Phi) is 15.2. The fraction of sp³-hybridized carbons (Fsp3) is 1.00. The Morgan fingerprint density at radius 1 is 0.737 bits per heavy atom. The van der Waals surface area contributed by atoms with E-state index in [0.29, 0.717) is 0 Å². The van der Waals surface area contributed by atoms with Crippen molar-refractivity contribution in [3.63, 3.8) is 0 Å². The van der Waals surface area contributed by atoms with Crippen molar-refractivity contribution in [2.45, 2.75) is 84.0 Å². The summed E-state index contributed by atoms with van der Waals surface area (Å²) in [6.45, 7) is 3.00. The van der Waals surface area contributed by atoms with Gasteiger partial charge in [-0.25, -0.2) is 0 Å². The van der Waals surface area contributed by atoms with Crippen molar-refractivity contribution >= 4 is 41.0 Å². The zero-order valence-corrected chi connectivity index (χ0v) is 15.9. The van der Waals surface area contributed by atoms with Crippen LogP contribution in [0.4, 0.5) is 0 Å². The van der Waals surface area contributed by atoms with Crippen LogP contribution in [0, 0.1) is 0 Å². The monoisotopic (exact) mass is 342 g/mol. The predicted molar refractivity (Wildman–Crippen MR) is 99.3 cm³/mol. The van der Waals surface area contributed by atoms with Gasteiger partial charge in [-0.3, -0.25) is 0 Å². The molecule has 0 N–H and O–H groups in total. The molecule has 0 aromatic heterocycles. The molecule has 0 unspecified atom stereocenters. The van der Waals surface area contributed by atoms with Crippen molar-refractivity contribution in [3.8, 4) is 0 Å². The predicted octanol–water partition coefficient (Wildman–Crippen LogP) is 6.79. The van der Waals surface area contributed by atoms with Crippen LogP contribution in [0.5, 0.6) is 0 Å². The minimum Gasteiger partial charge on any atom is -0.334 e. The standard InChI is InChI=1S/C14H31OPS3/c1-2-3-4-5-6-7-8-9-10-11-12-13-14-15-16(17,18)19/h2-14H2,1H3,(H2,17,18,19). The molecule has 0 rings (SSSR count). The van der Waals surface area contributed by atoms with Gasteiger partial charge in [-0.1, -0.05) is 77.6 Å². The third-order valence-electron chi connectivity index (χ3n) is 3.26. The molecule has 116 valence electrons. The largest absolute Gasteiger partial charge is 0.334 e. The lowest BCUT2D eigenvalue weighted by Crippen LogP contribution is -1.88. The lowest BCUT2D eigenvalue weighted by molar-refractivity contribution is 0.347. The van der Waals surface area contributed by atoms with Crippen molar-refractivity contribution < 1.29 is 4.52 Å². The summed E-state index contributed by atoms with van der Waals surface area (Å²) in [5.74, 6) is 0. The first-order valence-corrected chi connectivity index (χ1v) is 12.8. The lowest BCUT2D eigenvalue weighted by Gasteiger charge is -2.09. The van der Waals surface area contributed by atoms with Gasteiger partial charge in [0.1, 0.15) is 0 Å². The number of hydrogen-bond acceptors (Lipinski definition) is 2. The molecule has 0 aliphatic carbocycles. The number of rotatable bonds is 14. The molecule has 0 aliphatic heterocycles. The summed E-state index contributed by atoms with van der Waals surface area (Å²) >= 11 is 13.3. The third kappa shape index (κ3) is 19.3. The summed E-state index contributed by atoms with van der Waals surface area (Å²) in [7, 11) is 0. The van der Waals surface area contributed by atoms with Gasteiger partial charge in [-0.2, -0.15) is 0 Å². The highest BCUT2D eigenvalue weighted by atomic mass is 33.2. The second-order valence-corrected chi connectivity index (χ2v) is 13.9. The molecule has 0 aliphatic rings. The van der Waals surface area contributed by atoms with Crippen LogP contribution in [0.25, 0.3) is 0 Å². The topological polar surface area (TPSA) is 9.23 Å². The summed E-state index contributed by atoms with van der Waals surface area (Å²) in [4.78, 5) is 0. The van der Waals surface area contributed by atoms with E-state index >= 15 is 0 Å². The van der Waals surface area contributed by atoms with Gasteiger partial charge >= 0.3 is 0 Å². The number of unbranched alkanes of at least 4 members (excludes halogenated alkanes) is 11. The van der Waals surface area contributed by atoms with Crippen LogP contribution < -0.4 is 0 Å². The Hall–Kier alpha value is 1.31. The van der Waals surface area contributed by atoms with E-state index in [9.17, 15) is 0 Å². The Balaban J connectivity index is 3.01. The van der Waals surface area contributed by atoms with E-state index in [2.05, 4.69) is 31.4 Å². The number of thiol groups is 2. The molecule has 0 aromatic carbocycles. The first-order chi connectivity index (χ1) is 9.06. The van der Waals surface area contributed by atoms with E-state index in [1.54, 1.807) is 0 Å². The molecule has 19 heavy (non-hydrogen) atoms. The molecule has 0 amide bonds. The fourth-order valence-corrected chi connectivity index (χ4v) is 3.21. The van der Waals surface area contributed by atoms with Gasteiger partial charge in [0, 0.05) is 0 Å². The molecule has 0 fully saturated rings. The van der Waals surface area contributed by atoms with Gasteiger partial charge in [-0.05, 0) is 18.2 Å². The Labute approximate surface area is 136 Å². The molecule has 1 nitrogen and oxygen atoms in total. The second-order valence-electron chi connectivity index (χ2n) is 5.21. The van der Waals surface area contributed by atoms with Gasteiger partial charge in [0.05, 0.1) is 6.61 Å². The van der Waals surface area contributed by atoms with Crippen LogP contribution in [0.2, 0.25) is 0 Å². The van der Waals surface area contributed by atoms with Crippen LogP contribution in [-0.2, 0) is 16.3 Å². The smallest absolute Gasteiger partial charge is 0.168 e. The average Bonchev–Trinajstić information content (AvgIpc) is 2.34. The minimum absolute atomic E-state index is 0.724. The van der Waals surface area contributed by atoms with Crippen molar-refractivity contribution in [1.82, 2.24) is 0 Å². The quantitative estimate of drug-likeness (QED) is 0.204. The van der Waals surface area contributed by atoms with Crippen LogP contribution in [-0.4, -0.2) is 6.61 Å². The van der Waals surface area contributed by atoms with Gasteiger partial charge < -0.3 is 4.52 Å². The molecule has 5 heteroatoms. The maximum atomic E-state index is 5.38. The average molecular weight is 343 g/mol. The van der Waals surface area contributed by atoms with E-state index < -0.39 is 4.67 Å². The molecule has 0 saturated carbocycles. The maximum absolute atomic E-state index is 5.38. The molecule has 0 saturated heterocycles. The second kappa shape index (κ2) is 14.3. The Morgan fingerprint density at radius 2 is 1.11 bits per heavy atom. The highest BCUT2D eigenvalue weighted by Gasteiger charge is 2.02. The van der Waals surface area contributed by atoms with Crippen LogP contribution in [0.3, 0.4) is 0 Å². The Bertz CT molecular complexity index is 231. The normalized spacial score (nSPS) is 11.9. The number of hydrogen-bond donors (Lipinski definition) is 2. The molecule has 0 aromatic rings.